The van der Waals surface area contributed by atoms with E-state index in [4.69, 9.17) is 0 Å². The molecule has 2 aromatic carbocycles. The van der Waals surface area contributed by atoms with E-state index in [1.54, 1.807) is 68.1 Å². The van der Waals surface area contributed by atoms with Gasteiger partial charge in [0.25, 0.3) is 23.6 Å². The Bertz CT molecular complexity index is 1370. The summed E-state index contributed by atoms with van der Waals surface area (Å²) in [5.41, 5.74) is 1.85. The summed E-state index contributed by atoms with van der Waals surface area (Å²) in [5, 5.41) is 0. The predicted octanol–water partition coefficient (Wildman–Crippen LogP) is 2.59. The molecule has 0 atom stereocenters. The summed E-state index contributed by atoms with van der Waals surface area (Å²) in [6, 6.07) is 13.4. The van der Waals surface area contributed by atoms with Crippen molar-refractivity contribution in [3.8, 4) is 0 Å². The standard InChI is InChI=1S/2C18H20N2O4/c2*21-15-4-8-19(9-5-15)17(23)13-2-1-3-14(12-13)18(24)20-10-6-16(22)7-11-20/h2*1-3,12H,4-11H2. The van der Waals surface area contributed by atoms with Gasteiger partial charge in [-0.05, 0) is 36.4 Å². The van der Waals surface area contributed by atoms with Gasteiger partial charge in [0, 0.05) is 126 Å². The Balaban J connectivity index is 0.000000188. The maximum absolute atomic E-state index is 12.5. The van der Waals surface area contributed by atoms with Gasteiger partial charge >= 0.3 is 0 Å². The summed E-state index contributed by atoms with van der Waals surface area (Å²) < 4.78 is 0. The van der Waals surface area contributed by atoms with Gasteiger partial charge in [-0.15, -0.1) is 0 Å². The monoisotopic (exact) mass is 656 g/mol. The zero-order valence-electron chi connectivity index (χ0n) is 27.0. The van der Waals surface area contributed by atoms with Crippen LogP contribution in [0.2, 0.25) is 0 Å². The van der Waals surface area contributed by atoms with Crippen LogP contribution in [-0.2, 0) is 19.2 Å². The highest BCUT2D eigenvalue weighted by molar-refractivity contribution is 6.01. The first-order valence-corrected chi connectivity index (χ1v) is 16.5. The van der Waals surface area contributed by atoms with Crippen LogP contribution in [0.25, 0.3) is 0 Å². The van der Waals surface area contributed by atoms with Crippen molar-refractivity contribution in [3.63, 3.8) is 0 Å². The molecule has 48 heavy (non-hydrogen) atoms. The van der Waals surface area contributed by atoms with Gasteiger partial charge in [0.05, 0.1) is 0 Å². The molecule has 4 aliphatic rings. The molecule has 0 aliphatic carbocycles. The molecule has 0 spiro atoms. The average molecular weight is 657 g/mol. The number of benzene rings is 2. The molecule has 2 aromatic rings. The topological polar surface area (TPSA) is 150 Å². The van der Waals surface area contributed by atoms with Crippen molar-refractivity contribution in [1.29, 1.82) is 0 Å². The fraction of sp³-hybridized carbons (Fsp3) is 0.444. The second-order valence-electron chi connectivity index (χ2n) is 12.5. The molecule has 6 rings (SSSR count). The van der Waals surface area contributed by atoms with Crippen molar-refractivity contribution in [2.45, 2.75) is 51.4 Å². The Hall–Kier alpha value is -5.00. The Morgan fingerprint density at radius 3 is 0.729 bits per heavy atom. The van der Waals surface area contributed by atoms with E-state index in [9.17, 15) is 38.4 Å². The van der Waals surface area contributed by atoms with E-state index in [2.05, 4.69) is 0 Å². The van der Waals surface area contributed by atoms with Crippen LogP contribution in [-0.4, -0.2) is 119 Å². The lowest BCUT2D eigenvalue weighted by molar-refractivity contribution is -0.121. The first kappa shape index (κ1) is 34.3. The van der Waals surface area contributed by atoms with E-state index in [1.807, 2.05) is 0 Å². The third kappa shape index (κ3) is 8.67. The van der Waals surface area contributed by atoms with E-state index in [-0.39, 0.29) is 46.8 Å². The summed E-state index contributed by atoms with van der Waals surface area (Å²) >= 11 is 0. The maximum Gasteiger partial charge on any atom is 0.253 e. The Morgan fingerprint density at radius 1 is 0.354 bits per heavy atom. The number of likely N-dealkylation sites (tertiary alicyclic amines) is 4. The Labute approximate surface area is 279 Å². The van der Waals surface area contributed by atoms with Gasteiger partial charge in [0.1, 0.15) is 23.1 Å². The van der Waals surface area contributed by atoms with Gasteiger partial charge in [-0.2, -0.15) is 0 Å². The zero-order chi connectivity index (χ0) is 34.2. The first-order valence-electron chi connectivity index (χ1n) is 16.5. The molecule has 4 aliphatic heterocycles. The van der Waals surface area contributed by atoms with E-state index in [0.717, 1.165) is 0 Å². The lowest BCUT2D eigenvalue weighted by atomic mass is 10.0. The third-order valence-electron chi connectivity index (χ3n) is 9.15. The quantitative estimate of drug-likeness (QED) is 0.488. The number of piperidine rings is 4. The van der Waals surface area contributed by atoms with Crippen molar-refractivity contribution in [3.05, 3.63) is 70.8 Å². The number of ketones is 4. The molecule has 0 unspecified atom stereocenters. The molecule has 12 heteroatoms. The van der Waals surface area contributed by atoms with Crippen molar-refractivity contribution in [2.24, 2.45) is 0 Å². The number of Topliss-reactive ketones (excluding diaryl/α,β-unsaturated/α-hetero) is 4. The molecule has 0 N–H and O–H groups in total. The maximum atomic E-state index is 12.5. The lowest BCUT2D eigenvalue weighted by Crippen LogP contribution is -2.39. The fourth-order valence-electron chi connectivity index (χ4n) is 6.14. The molecule has 0 bridgehead atoms. The van der Waals surface area contributed by atoms with Crippen molar-refractivity contribution in [2.75, 3.05) is 52.4 Å². The van der Waals surface area contributed by atoms with Gasteiger partial charge in [-0.3, -0.25) is 38.4 Å². The molecule has 0 saturated carbocycles. The molecule has 252 valence electrons. The minimum Gasteiger partial charge on any atom is -0.338 e. The van der Waals surface area contributed by atoms with Gasteiger partial charge in [0.2, 0.25) is 0 Å². The fourth-order valence-corrected chi connectivity index (χ4v) is 6.14. The summed E-state index contributed by atoms with van der Waals surface area (Å²) in [4.78, 5) is 102. The van der Waals surface area contributed by atoms with Crippen LogP contribution in [0.15, 0.2) is 48.5 Å². The van der Waals surface area contributed by atoms with E-state index in [1.165, 1.54) is 0 Å². The highest BCUT2D eigenvalue weighted by atomic mass is 16.2. The van der Waals surface area contributed by atoms with Crippen LogP contribution in [0, 0.1) is 0 Å². The Morgan fingerprint density at radius 2 is 0.542 bits per heavy atom. The minimum absolute atomic E-state index is 0.147. The molecule has 12 nitrogen and oxygen atoms in total. The van der Waals surface area contributed by atoms with Gasteiger partial charge in [-0.1, -0.05) is 12.1 Å². The van der Waals surface area contributed by atoms with E-state index in [0.29, 0.717) is 126 Å². The summed E-state index contributed by atoms with van der Waals surface area (Å²) in [5.74, 6) is 0.143. The predicted molar refractivity (Wildman–Crippen MR) is 173 cm³/mol. The summed E-state index contributed by atoms with van der Waals surface area (Å²) in [6.45, 7) is 3.48. The van der Waals surface area contributed by atoms with E-state index >= 15 is 0 Å². The first-order chi connectivity index (χ1) is 23.1. The number of hydrogen-bond donors (Lipinski definition) is 0. The second kappa shape index (κ2) is 15.7. The van der Waals surface area contributed by atoms with Crippen LogP contribution in [0.5, 0.6) is 0 Å². The van der Waals surface area contributed by atoms with Crippen LogP contribution < -0.4 is 0 Å². The minimum atomic E-state index is -0.147. The number of nitrogens with zero attached hydrogens (tertiary/aromatic N) is 4. The number of rotatable bonds is 4. The van der Waals surface area contributed by atoms with Crippen molar-refractivity contribution >= 4 is 46.8 Å². The average Bonchev–Trinajstić information content (AvgIpc) is 3.12. The SMILES string of the molecule is O=C1CCN(C(=O)c2cccc(C(=O)N3CCC(=O)CC3)c2)CC1.O=C1CCN(C(=O)c2cccc(C(=O)N3CCC(=O)CC3)c2)CC1. The molecule has 4 saturated heterocycles. The smallest absolute Gasteiger partial charge is 0.253 e. The largest absolute Gasteiger partial charge is 0.338 e. The van der Waals surface area contributed by atoms with Crippen molar-refractivity contribution in [1.82, 2.24) is 19.6 Å². The van der Waals surface area contributed by atoms with Gasteiger partial charge in [0.15, 0.2) is 0 Å². The number of hydrogen-bond acceptors (Lipinski definition) is 8. The lowest BCUT2D eigenvalue weighted by Gasteiger charge is -2.27. The molecule has 4 fully saturated rings. The summed E-state index contributed by atoms with van der Waals surface area (Å²) in [7, 11) is 0. The molecular formula is C36H40N4O8. The number of carbonyl (C=O) groups excluding carboxylic acids is 8. The molecule has 4 heterocycles. The molecule has 0 aromatic heterocycles. The number of amides is 4. The van der Waals surface area contributed by atoms with Crippen LogP contribution in [0.1, 0.15) is 92.8 Å². The molecule has 4 amide bonds. The van der Waals surface area contributed by atoms with Crippen molar-refractivity contribution < 1.29 is 38.4 Å². The van der Waals surface area contributed by atoms with Gasteiger partial charge < -0.3 is 19.6 Å². The number of carbonyl (C=O) groups is 8. The van der Waals surface area contributed by atoms with Gasteiger partial charge in [-0.25, -0.2) is 0 Å². The zero-order valence-corrected chi connectivity index (χ0v) is 27.0. The Kier molecular flexibility index (Phi) is 11.3. The highest BCUT2D eigenvalue weighted by Crippen LogP contribution is 2.18. The van der Waals surface area contributed by atoms with Crippen LogP contribution >= 0.6 is 0 Å². The van der Waals surface area contributed by atoms with Crippen LogP contribution in [0.3, 0.4) is 0 Å². The highest BCUT2D eigenvalue weighted by Gasteiger charge is 2.27. The molecular weight excluding hydrogens is 616 g/mol. The third-order valence-corrected chi connectivity index (χ3v) is 9.15. The second-order valence-corrected chi connectivity index (χ2v) is 12.5. The molecule has 0 radical (unpaired) electrons. The summed E-state index contributed by atoms with van der Waals surface area (Å²) in [6.07, 6.45) is 3.16. The van der Waals surface area contributed by atoms with Crippen LogP contribution in [0.4, 0.5) is 0 Å². The van der Waals surface area contributed by atoms with E-state index < -0.39 is 0 Å². The normalized spacial score (nSPS) is 18.7.